The second-order valence-corrected chi connectivity index (χ2v) is 7.90. The van der Waals surface area contributed by atoms with Gasteiger partial charge in [-0.3, -0.25) is 0 Å². The lowest BCUT2D eigenvalue weighted by atomic mass is 9.87. The molecule has 0 rings (SSSR count). The van der Waals surface area contributed by atoms with Gasteiger partial charge >= 0.3 is 29.8 Å². The van der Waals surface area contributed by atoms with Crippen molar-refractivity contribution in [1.82, 2.24) is 0 Å². The standard InChI is InChI=1S/C26H34O12/c1-6-20(27)34-13-11-25(16-36-22(29)8-3,17-37-23(30)9-4)15-33-18-26(32,19-38-24(31)10-5)12-14-35-21(28)7-2/h6-10,32H,1-5,11-19H2. The lowest BCUT2D eigenvalue weighted by Crippen LogP contribution is -2.45. The van der Waals surface area contributed by atoms with Gasteiger partial charge in [0.05, 0.1) is 31.8 Å². The molecule has 0 aliphatic carbocycles. The molecule has 0 bridgehead atoms. The van der Waals surface area contributed by atoms with E-state index in [1.807, 2.05) is 0 Å². The number of aliphatic hydroxyl groups is 1. The van der Waals surface area contributed by atoms with Crippen LogP contribution in [-0.2, 0) is 52.4 Å². The summed E-state index contributed by atoms with van der Waals surface area (Å²) in [5.41, 5.74) is -3.08. The van der Waals surface area contributed by atoms with Crippen LogP contribution in [0.25, 0.3) is 0 Å². The fourth-order valence-corrected chi connectivity index (χ4v) is 2.64. The van der Waals surface area contributed by atoms with Crippen LogP contribution in [0.5, 0.6) is 0 Å². The highest BCUT2D eigenvalue weighted by Gasteiger charge is 2.37. The summed E-state index contributed by atoms with van der Waals surface area (Å²) in [5.74, 6) is -3.79. The van der Waals surface area contributed by atoms with Gasteiger partial charge in [-0.05, 0) is 6.42 Å². The van der Waals surface area contributed by atoms with Crippen LogP contribution in [0, 0.1) is 5.41 Å². The number of esters is 5. The molecule has 0 saturated carbocycles. The Morgan fingerprint density at radius 3 is 1.32 bits per heavy atom. The van der Waals surface area contributed by atoms with Crippen LogP contribution in [0.2, 0.25) is 0 Å². The first-order valence-electron chi connectivity index (χ1n) is 11.2. The van der Waals surface area contributed by atoms with Crippen LogP contribution in [0.1, 0.15) is 12.8 Å². The lowest BCUT2D eigenvalue weighted by Gasteiger charge is -2.34. The van der Waals surface area contributed by atoms with Gasteiger partial charge in [0.2, 0.25) is 0 Å². The molecule has 1 unspecified atom stereocenters. The Bertz CT molecular complexity index is 867. The summed E-state index contributed by atoms with van der Waals surface area (Å²) in [6.45, 7) is 14.1. The minimum absolute atomic E-state index is 0.0117. The molecule has 0 spiro atoms. The molecule has 0 amide bonds. The second kappa shape index (κ2) is 18.3. The fourth-order valence-electron chi connectivity index (χ4n) is 2.64. The molecule has 12 nitrogen and oxygen atoms in total. The highest BCUT2D eigenvalue weighted by molar-refractivity contribution is 5.82. The van der Waals surface area contributed by atoms with Crippen LogP contribution < -0.4 is 0 Å². The van der Waals surface area contributed by atoms with Crippen LogP contribution in [0.4, 0.5) is 0 Å². The molecule has 0 aliphatic rings. The van der Waals surface area contributed by atoms with E-state index in [9.17, 15) is 29.1 Å². The van der Waals surface area contributed by atoms with Gasteiger partial charge < -0.3 is 33.5 Å². The van der Waals surface area contributed by atoms with Crippen LogP contribution in [0.3, 0.4) is 0 Å². The van der Waals surface area contributed by atoms with E-state index in [2.05, 4.69) is 32.9 Å². The minimum atomic E-state index is -1.82. The lowest BCUT2D eigenvalue weighted by molar-refractivity contribution is -0.165. The fraction of sp³-hybridized carbons (Fsp3) is 0.423. The van der Waals surface area contributed by atoms with Gasteiger partial charge in [-0.2, -0.15) is 0 Å². The summed E-state index contributed by atoms with van der Waals surface area (Å²) in [5, 5.41) is 11.0. The van der Waals surface area contributed by atoms with Crippen LogP contribution >= 0.6 is 0 Å². The van der Waals surface area contributed by atoms with E-state index in [0.29, 0.717) is 0 Å². The van der Waals surface area contributed by atoms with E-state index < -0.39 is 54.1 Å². The molecule has 12 heteroatoms. The number of ether oxygens (including phenoxy) is 6. The van der Waals surface area contributed by atoms with Gasteiger partial charge in [-0.15, -0.1) is 0 Å². The average Bonchev–Trinajstić information content (AvgIpc) is 2.92. The first-order valence-corrected chi connectivity index (χ1v) is 11.2. The van der Waals surface area contributed by atoms with E-state index in [0.717, 1.165) is 30.4 Å². The summed E-state index contributed by atoms with van der Waals surface area (Å²) in [6.07, 6.45) is 4.44. The van der Waals surface area contributed by atoms with E-state index in [4.69, 9.17) is 28.4 Å². The number of carbonyl (C=O) groups excluding carboxylic acids is 5. The SMILES string of the molecule is C=CC(=O)OCCC(O)(COCC(CCOC(=O)C=C)(COC(=O)C=C)COC(=O)C=C)COC(=O)C=C. The summed E-state index contributed by atoms with van der Waals surface area (Å²) in [6, 6.07) is 0. The summed E-state index contributed by atoms with van der Waals surface area (Å²) in [7, 11) is 0. The van der Waals surface area contributed by atoms with E-state index in [-0.39, 0.29) is 45.9 Å². The Labute approximate surface area is 221 Å². The topological polar surface area (TPSA) is 161 Å². The maximum Gasteiger partial charge on any atom is 0.330 e. The highest BCUT2D eigenvalue weighted by Crippen LogP contribution is 2.26. The van der Waals surface area contributed by atoms with Crippen molar-refractivity contribution in [3.8, 4) is 0 Å². The van der Waals surface area contributed by atoms with E-state index in [1.54, 1.807) is 0 Å². The molecule has 0 aromatic rings. The van der Waals surface area contributed by atoms with Gasteiger partial charge in [0.1, 0.15) is 25.4 Å². The van der Waals surface area contributed by atoms with Crippen molar-refractivity contribution in [2.75, 3.05) is 46.2 Å². The van der Waals surface area contributed by atoms with Crippen molar-refractivity contribution in [2.45, 2.75) is 18.4 Å². The Hall–Kier alpha value is -4.03. The first-order chi connectivity index (χ1) is 18.0. The third kappa shape index (κ3) is 14.5. The molecule has 1 N–H and O–H groups in total. The molecular weight excluding hydrogens is 504 g/mol. The maximum atomic E-state index is 11.7. The van der Waals surface area contributed by atoms with Crippen molar-refractivity contribution in [1.29, 1.82) is 0 Å². The average molecular weight is 539 g/mol. The zero-order valence-corrected chi connectivity index (χ0v) is 21.2. The third-order valence-electron chi connectivity index (χ3n) is 4.83. The van der Waals surface area contributed by atoms with E-state index >= 15 is 0 Å². The predicted molar refractivity (Wildman–Crippen MR) is 133 cm³/mol. The maximum absolute atomic E-state index is 11.7. The predicted octanol–water partition coefficient (Wildman–Crippen LogP) is 1.15. The molecule has 0 radical (unpaired) electrons. The van der Waals surface area contributed by atoms with E-state index in [1.165, 1.54) is 0 Å². The van der Waals surface area contributed by atoms with Crippen molar-refractivity contribution in [3.05, 3.63) is 63.3 Å². The zero-order valence-electron chi connectivity index (χ0n) is 21.2. The monoisotopic (exact) mass is 538 g/mol. The molecule has 0 fully saturated rings. The van der Waals surface area contributed by atoms with Crippen LogP contribution in [-0.4, -0.2) is 86.8 Å². The summed E-state index contributed by atoms with van der Waals surface area (Å²) < 4.78 is 30.9. The van der Waals surface area contributed by atoms with Gasteiger partial charge in [0.25, 0.3) is 0 Å². The van der Waals surface area contributed by atoms with Gasteiger partial charge in [0.15, 0.2) is 0 Å². The number of hydrogen-bond donors (Lipinski definition) is 1. The van der Waals surface area contributed by atoms with Crippen molar-refractivity contribution in [3.63, 3.8) is 0 Å². The number of hydrogen-bond acceptors (Lipinski definition) is 12. The van der Waals surface area contributed by atoms with Gasteiger partial charge in [0, 0.05) is 36.8 Å². The summed E-state index contributed by atoms with van der Waals surface area (Å²) in [4.78, 5) is 57.8. The molecule has 0 saturated heterocycles. The van der Waals surface area contributed by atoms with Crippen LogP contribution in [0.15, 0.2) is 63.3 Å². The van der Waals surface area contributed by atoms with Crippen molar-refractivity contribution < 1.29 is 57.5 Å². The first kappa shape index (κ1) is 34.0. The third-order valence-corrected chi connectivity index (χ3v) is 4.83. The second-order valence-electron chi connectivity index (χ2n) is 7.90. The number of carbonyl (C=O) groups is 5. The Kier molecular flexibility index (Phi) is 16.3. The van der Waals surface area contributed by atoms with Crippen molar-refractivity contribution in [2.24, 2.45) is 5.41 Å². The molecule has 38 heavy (non-hydrogen) atoms. The molecule has 0 aliphatic heterocycles. The largest absolute Gasteiger partial charge is 0.463 e. The molecule has 1 atom stereocenters. The molecule has 0 aromatic carbocycles. The smallest absolute Gasteiger partial charge is 0.330 e. The Morgan fingerprint density at radius 1 is 0.526 bits per heavy atom. The van der Waals surface area contributed by atoms with Gasteiger partial charge in [-0.1, -0.05) is 32.9 Å². The van der Waals surface area contributed by atoms with Gasteiger partial charge in [-0.25, -0.2) is 24.0 Å². The van der Waals surface area contributed by atoms with Crippen molar-refractivity contribution >= 4 is 29.8 Å². The normalized spacial score (nSPS) is 12.0. The molecular formula is C26H34O12. The molecule has 0 heterocycles. The Morgan fingerprint density at radius 2 is 0.895 bits per heavy atom. The minimum Gasteiger partial charge on any atom is -0.463 e. The summed E-state index contributed by atoms with van der Waals surface area (Å²) >= 11 is 0. The highest BCUT2D eigenvalue weighted by atomic mass is 16.6. The number of rotatable bonds is 21. The zero-order chi connectivity index (χ0) is 29.0. The quantitative estimate of drug-likeness (QED) is 0.126. The Balaban J connectivity index is 5.75. The molecule has 210 valence electrons. The molecule has 0 aromatic heterocycles.